The molecular weight excluding hydrogens is 524 g/mol. The first-order chi connectivity index (χ1) is 19.4. The van der Waals surface area contributed by atoms with Gasteiger partial charge in [-0.25, -0.2) is 18.1 Å². The minimum Gasteiger partial charge on any atom is -0.271 e. The highest BCUT2D eigenvalue weighted by molar-refractivity contribution is 7.89. The van der Waals surface area contributed by atoms with Crippen molar-refractivity contribution in [3.63, 3.8) is 0 Å². The lowest BCUT2D eigenvalue weighted by atomic mass is 9.96. The predicted octanol–water partition coefficient (Wildman–Crippen LogP) is 4.35. The van der Waals surface area contributed by atoms with Gasteiger partial charge in [-0.05, 0) is 49.3 Å². The smallest absolute Gasteiger partial charge is 0.260 e. The molecule has 1 unspecified atom stereocenters. The summed E-state index contributed by atoms with van der Waals surface area (Å²) in [5.41, 5.74) is 3.26. The highest BCUT2D eigenvalue weighted by Gasteiger charge is 2.29. The molecule has 0 saturated carbocycles. The summed E-state index contributed by atoms with van der Waals surface area (Å²) in [6, 6.07) is 18.2. The molecule has 198 valence electrons. The van der Waals surface area contributed by atoms with E-state index in [0.717, 1.165) is 18.5 Å². The van der Waals surface area contributed by atoms with Gasteiger partial charge in [-0.3, -0.25) is 4.79 Å². The van der Waals surface area contributed by atoms with Crippen LogP contribution in [-0.4, -0.2) is 53.0 Å². The molecule has 1 aromatic heterocycles. The molecule has 2 aromatic carbocycles. The number of rotatable bonds is 6. The van der Waals surface area contributed by atoms with Crippen molar-refractivity contribution in [2.24, 2.45) is 15.9 Å². The Labute approximate surface area is 231 Å². The summed E-state index contributed by atoms with van der Waals surface area (Å²) in [6.07, 6.45) is 12.1. The molecule has 0 spiro atoms. The molecule has 1 amide bonds. The van der Waals surface area contributed by atoms with E-state index in [1.165, 1.54) is 4.31 Å². The Morgan fingerprint density at radius 3 is 2.48 bits per heavy atom. The molecular formula is C30H24N6O3S. The van der Waals surface area contributed by atoms with Crippen LogP contribution in [0.1, 0.15) is 18.4 Å². The van der Waals surface area contributed by atoms with Gasteiger partial charge in [-0.1, -0.05) is 48.6 Å². The van der Waals surface area contributed by atoms with Crippen LogP contribution in [-0.2, 0) is 14.8 Å². The third-order valence-electron chi connectivity index (χ3n) is 6.97. The average Bonchev–Trinajstić information content (AvgIpc) is 3.68. The highest BCUT2D eigenvalue weighted by Crippen LogP contribution is 2.29. The number of benzene rings is 2. The molecule has 0 N–H and O–H groups in total. The van der Waals surface area contributed by atoms with Crippen molar-refractivity contribution in [2.75, 3.05) is 13.1 Å². The maximum absolute atomic E-state index is 13.0. The first kappa shape index (κ1) is 25.6. The number of amidine groups is 1. The minimum absolute atomic E-state index is 0.0455. The SMILES string of the molecule is N#C/C(=C/c1cn(-c2ccccc2)nc1-c1ccc(S(=O)(=O)N2CCCC2)cc1)C1=NC(=O)C2C=CC=CC2=N1. The van der Waals surface area contributed by atoms with Crippen LogP contribution in [0, 0.1) is 17.2 Å². The van der Waals surface area contributed by atoms with Gasteiger partial charge in [-0.15, -0.1) is 0 Å². The van der Waals surface area contributed by atoms with Gasteiger partial charge >= 0.3 is 0 Å². The molecule has 3 aromatic rings. The van der Waals surface area contributed by atoms with Crippen molar-refractivity contribution in [1.82, 2.24) is 14.1 Å². The number of sulfonamides is 1. The summed E-state index contributed by atoms with van der Waals surface area (Å²) in [5, 5.41) is 14.8. The van der Waals surface area contributed by atoms with E-state index < -0.39 is 15.9 Å². The fraction of sp³-hybridized carbons (Fsp3) is 0.167. The Kier molecular flexibility index (Phi) is 6.67. The lowest BCUT2D eigenvalue weighted by Gasteiger charge is -2.17. The normalized spacial score (nSPS) is 19.2. The third kappa shape index (κ3) is 4.77. The zero-order valence-corrected chi connectivity index (χ0v) is 22.2. The van der Waals surface area contributed by atoms with Crippen LogP contribution in [0.2, 0.25) is 0 Å². The Hall–Kier alpha value is -4.72. The number of carbonyl (C=O) groups excluding carboxylic acids is 1. The van der Waals surface area contributed by atoms with Gasteiger partial charge in [0.25, 0.3) is 5.91 Å². The molecule has 40 heavy (non-hydrogen) atoms. The van der Waals surface area contributed by atoms with Crippen LogP contribution >= 0.6 is 0 Å². The fourth-order valence-corrected chi connectivity index (χ4v) is 6.40. The highest BCUT2D eigenvalue weighted by atomic mass is 32.2. The first-order valence-corrected chi connectivity index (χ1v) is 14.3. The topological polar surface area (TPSA) is 121 Å². The second-order valence-corrected chi connectivity index (χ2v) is 11.5. The van der Waals surface area contributed by atoms with Gasteiger partial charge in [0.2, 0.25) is 10.0 Å². The second kappa shape index (κ2) is 10.4. The van der Waals surface area contributed by atoms with Gasteiger partial charge in [0.1, 0.15) is 12.0 Å². The Bertz CT molecular complexity index is 1780. The van der Waals surface area contributed by atoms with Gasteiger partial charge in [0, 0.05) is 30.4 Å². The molecule has 3 heterocycles. The van der Waals surface area contributed by atoms with E-state index in [4.69, 9.17) is 5.10 Å². The molecule has 1 aliphatic carbocycles. The van der Waals surface area contributed by atoms with Crippen molar-refractivity contribution in [3.8, 4) is 23.0 Å². The van der Waals surface area contributed by atoms with Gasteiger partial charge in [0.15, 0.2) is 5.84 Å². The van der Waals surface area contributed by atoms with E-state index in [1.807, 2.05) is 30.3 Å². The van der Waals surface area contributed by atoms with Gasteiger partial charge in [-0.2, -0.15) is 19.7 Å². The quantitative estimate of drug-likeness (QED) is 0.424. The standard InChI is InChI=1S/C30H24N6O3S/c31-19-22(29-32-27-11-5-4-10-26(27)30(37)33-29)18-23-20-36(24-8-2-1-3-9-24)34-28(23)21-12-14-25(15-13-21)40(38,39)35-16-6-7-17-35/h1-5,8-15,18,20,26H,6-7,16-17H2/b22-18-. The second-order valence-electron chi connectivity index (χ2n) is 9.55. The molecule has 10 heteroatoms. The zero-order valence-electron chi connectivity index (χ0n) is 21.4. The van der Waals surface area contributed by atoms with E-state index in [9.17, 15) is 18.5 Å². The van der Waals surface area contributed by atoms with Gasteiger partial charge in [0.05, 0.1) is 27.6 Å². The van der Waals surface area contributed by atoms with E-state index in [2.05, 4.69) is 16.1 Å². The lowest BCUT2D eigenvalue weighted by molar-refractivity contribution is -0.118. The van der Waals surface area contributed by atoms with Gasteiger partial charge < -0.3 is 0 Å². The molecule has 1 atom stereocenters. The number of amides is 1. The van der Waals surface area contributed by atoms with Crippen molar-refractivity contribution >= 4 is 33.6 Å². The number of aliphatic imine (C=N–C) groups is 2. The third-order valence-corrected chi connectivity index (χ3v) is 8.89. The first-order valence-electron chi connectivity index (χ1n) is 12.9. The summed E-state index contributed by atoms with van der Waals surface area (Å²) in [4.78, 5) is 21.4. The van der Waals surface area contributed by atoms with E-state index in [1.54, 1.807) is 65.5 Å². The predicted molar refractivity (Wildman–Crippen MR) is 152 cm³/mol. The number of allylic oxidation sites excluding steroid dienone is 3. The summed E-state index contributed by atoms with van der Waals surface area (Å²) >= 11 is 0. The van der Waals surface area contributed by atoms with Crippen LogP contribution in [0.25, 0.3) is 23.0 Å². The van der Waals surface area contributed by atoms with E-state index in [0.29, 0.717) is 35.6 Å². The summed E-state index contributed by atoms with van der Waals surface area (Å²) in [5.74, 6) is -0.874. The molecule has 0 bridgehead atoms. The largest absolute Gasteiger partial charge is 0.271 e. The van der Waals surface area contributed by atoms with Crippen LogP contribution in [0.5, 0.6) is 0 Å². The minimum atomic E-state index is -3.56. The number of nitrogens with zero attached hydrogens (tertiary/aromatic N) is 6. The number of carbonyl (C=O) groups is 1. The maximum Gasteiger partial charge on any atom is 0.260 e. The lowest BCUT2D eigenvalue weighted by Crippen LogP contribution is -2.27. The molecule has 1 fully saturated rings. The molecule has 0 radical (unpaired) electrons. The maximum atomic E-state index is 13.0. The van der Waals surface area contributed by atoms with E-state index >= 15 is 0 Å². The average molecular weight is 549 g/mol. The summed E-state index contributed by atoms with van der Waals surface area (Å²) in [6.45, 7) is 1.06. The number of fused-ring (bicyclic) bond motifs is 1. The number of nitriles is 1. The molecule has 3 aliphatic rings. The van der Waals surface area contributed by atoms with Crippen molar-refractivity contribution < 1.29 is 13.2 Å². The molecule has 9 nitrogen and oxygen atoms in total. The number of aromatic nitrogens is 2. The summed E-state index contributed by atoms with van der Waals surface area (Å²) < 4.78 is 29.2. The molecule has 2 aliphatic heterocycles. The Morgan fingerprint density at radius 1 is 1.00 bits per heavy atom. The van der Waals surface area contributed by atoms with E-state index in [-0.39, 0.29) is 22.2 Å². The van der Waals surface area contributed by atoms with Crippen LogP contribution in [0.3, 0.4) is 0 Å². The van der Waals surface area contributed by atoms with Crippen LogP contribution in [0.4, 0.5) is 0 Å². The number of hydrogen-bond donors (Lipinski definition) is 0. The molecule has 6 rings (SSSR count). The number of para-hydroxylation sites is 1. The fourth-order valence-electron chi connectivity index (χ4n) is 4.88. The van der Waals surface area contributed by atoms with Crippen LogP contribution < -0.4 is 0 Å². The van der Waals surface area contributed by atoms with Crippen LogP contribution in [0.15, 0.2) is 106 Å². The van der Waals surface area contributed by atoms with Crippen molar-refractivity contribution in [2.45, 2.75) is 17.7 Å². The Morgan fingerprint density at radius 2 is 1.75 bits per heavy atom. The molecule has 1 saturated heterocycles. The Balaban J connectivity index is 1.42. The van der Waals surface area contributed by atoms with Crippen molar-refractivity contribution in [1.29, 1.82) is 5.26 Å². The van der Waals surface area contributed by atoms with Crippen molar-refractivity contribution in [3.05, 3.63) is 96.2 Å². The zero-order chi connectivity index (χ0) is 27.7. The number of hydrogen-bond acceptors (Lipinski definition) is 6. The monoisotopic (exact) mass is 548 g/mol. The summed E-state index contributed by atoms with van der Waals surface area (Å²) in [7, 11) is -3.56.